The number of hydrogen-bond acceptors (Lipinski definition) is 6. The average Bonchev–Trinajstić information content (AvgIpc) is 3.18. The Labute approximate surface area is 154 Å². The standard InChI is InChI=1S/C20H16N4O3/c1-13-5-3-4-6-16(13)19-21-20(27-23-19)18-17(25)11-12-24(22-18)14-7-9-15(26-2)10-8-14/h3-12H,1-2H3. The Hall–Kier alpha value is -3.74. The first-order valence-corrected chi connectivity index (χ1v) is 8.30. The zero-order chi connectivity index (χ0) is 18.8. The van der Waals surface area contributed by atoms with E-state index in [2.05, 4.69) is 15.2 Å². The number of benzene rings is 2. The number of ether oxygens (including phenoxy) is 1. The third kappa shape index (κ3) is 3.22. The van der Waals surface area contributed by atoms with E-state index in [0.29, 0.717) is 5.82 Å². The van der Waals surface area contributed by atoms with Gasteiger partial charge in [-0.1, -0.05) is 29.4 Å². The van der Waals surface area contributed by atoms with Crippen LogP contribution in [0.4, 0.5) is 0 Å². The molecule has 0 aliphatic carbocycles. The maximum atomic E-state index is 12.3. The van der Waals surface area contributed by atoms with Crippen LogP contribution in [0.2, 0.25) is 0 Å². The van der Waals surface area contributed by atoms with Gasteiger partial charge >= 0.3 is 0 Å². The Morgan fingerprint density at radius 3 is 2.56 bits per heavy atom. The van der Waals surface area contributed by atoms with E-state index in [1.54, 1.807) is 18.0 Å². The van der Waals surface area contributed by atoms with Crippen molar-refractivity contribution in [3.63, 3.8) is 0 Å². The fourth-order valence-electron chi connectivity index (χ4n) is 2.69. The summed E-state index contributed by atoms with van der Waals surface area (Å²) in [6.07, 6.45) is 1.59. The van der Waals surface area contributed by atoms with Gasteiger partial charge in [0.2, 0.25) is 11.3 Å². The number of hydrogen-bond donors (Lipinski definition) is 0. The molecule has 0 saturated heterocycles. The van der Waals surface area contributed by atoms with Crippen LogP contribution in [0, 0.1) is 6.92 Å². The molecule has 0 fully saturated rings. The van der Waals surface area contributed by atoms with Gasteiger partial charge in [0.15, 0.2) is 5.69 Å². The highest BCUT2D eigenvalue weighted by atomic mass is 16.5. The largest absolute Gasteiger partial charge is 0.497 e. The number of nitrogens with zero attached hydrogens (tertiary/aromatic N) is 4. The highest BCUT2D eigenvalue weighted by molar-refractivity contribution is 5.61. The topological polar surface area (TPSA) is 83.0 Å². The van der Waals surface area contributed by atoms with Crippen LogP contribution in [0.1, 0.15) is 5.56 Å². The molecule has 0 atom stereocenters. The Balaban J connectivity index is 1.74. The van der Waals surface area contributed by atoms with Crippen LogP contribution in [-0.2, 0) is 0 Å². The van der Waals surface area contributed by atoms with Crippen molar-refractivity contribution < 1.29 is 9.26 Å². The number of methoxy groups -OCH3 is 1. The quantitative estimate of drug-likeness (QED) is 0.555. The maximum absolute atomic E-state index is 12.3. The summed E-state index contributed by atoms with van der Waals surface area (Å²) < 4.78 is 12.0. The first-order valence-electron chi connectivity index (χ1n) is 8.30. The van der Waals surface area contributed by atoms with Crippen molar-refractivity contribution in [2.45, 2.75) is 6.92 Å². The summed E-state index contributed by atoms with van der Waals surface area (Å²) in [7, 11) is 1.60. The zero-order valence-corrected chi connectivity index (χ0v) is 14.8. The Morgan fingerprint density at radius 1 is 1.04 bits per heavy atom. The SMILES string of the molecule is COc1ccc(-n2ccc(=O)c(-c3nc(-c4ccccc4C)no3)n2)cc1. The lowest BCUT2D eigenvalue weighted by Gasteiger charge is -2.06. The van der Waals surface area contributed by atoms with Crippen LogP contribution in [0.3, 0.4) is 0 Å². The highest BCUT2D eigenvalue weighted by Gasteiger charge is 2.16. The molecule has 4 aromatic rings. The fraction of sp³-hybridized carbons (Fsp3) is 0.100. The summed E-state index contributed by atoms with van der Waals surface area (Å²) in [5.41, 5.74) is 2.44. The van der Waals surface area contributed by atoms with Gasteiger partial charge < -0.3 is 9.26 Å². The zero-order valence-electron chi connectivity index (χ0n) is 14.8. The predicted octanol–water partition coefficient (Wildman–Crippen LogP) is 3.27. The van der Waals surface area contributed by atoms with Crippen LogP contribution >= 0.6 is 0 Å². The van der Waals surface area contributed by atoms with Gasteiger partial charge in [-0.3, -0.25) is 4.79 Å². The second kappa shape index (κ2) is 6.87. The van der Waals surface area contributed by atoms with Gasteiger partial charge in [-0.25, -0.2) is 4.68 Å². The van der Waals surface area contributed by atoms with Gasteiger partial charge in [0.25, 0.3) is 5.89 Å². The highest BCUT2D eigenvalue weighted by Crippen LogP contribution is 2.22. The third-order valence-corrected chi connectivity index (χ3v) is 4.16. The summed E-state index contributed by atoms with van der Waals surface area (Å²) in [5, 5.41) is 8.36. The van der Waals surface area contributed by atoms with Crippen LogP contribution in [-0.4, -0.2) is 27.0 Å². The molecule has 27 heavy (non-hydrogen) atoms. The molecule has 2 aromatic carbocycles. The van der Waals surface area contributed by atoms with Crippen LogP contribution < -0.4 is 10.2 Å². The lowest BCUT2D eigenvalue weighted by atomic mass is 10.1. The molecule has 0 aliphatic heterocycles. The molecule has 0 bridgehead atoms. The molecule has 0 saturated carbocycles. The van der Waals surface area contributed by atoms with Crippen LogP contribution in [0.25, 0.3) is 28.7 Å². The molecule has 0 aliphatic rings. The number of rotatable bonds is 4. The smallest absolute Gasteiger partial charge is 0.282 e. The van der Waals surface area contributed by atoms with E-state index < -0.39 is 0 Å². The van der Waals surface area contributed by atoms with E-state index in [1.807, 2.05) is 55.5 Å². The van der Waals surface area contributed by atoms with Gasteiger partial charge in [-0.15, -0.1) is 0 Å². The van der Waals surface area contributed by atoms with Crippen molar-refractivity contribution in [2.24, 2.45) is 0 Å². The van der Waals surface area contributed by atoms with Crippen LogP contribution in [0.15, 0.2) is 70.1 Å². The molecule has 134 valence electrons. The summed E-state index contributed by atoms with van der Waals surface area (Å²) in [4.78, 5) is 16.7. The molecule has 0 spiro atoms. The second-order valence-electron chi connectivity index (χ2n) is 5.91. The van der Waals surface area contributed by atoms with E-state index in [9.17, 15) is 4.79 Å². The Kier molecular flexibility index (Phi) is 4.25. The van der Waals surface area contributed by atoms with Gasteiger partial charge in [0, 0.05) is 17.8 Å². The lowest BCUT2D eigenvalue weighted by Crippen LogP contribution is -2.12. The van der Waals surface area contributed by atoms with Gasteiger partial charge in [0.05, 0.1) is 12.8 Å². The summed E-state index contributed by atoms with van der Waals surface area (Å²) in [5.74, 6) is 1.24. The van der Waals surface area contributed by atoms with E-state index in [4.69, 9.17) is 9.26 Å². The van der Waals surface area contributed by atoms with Crippen molar-refractivity contribution >= 4 is 0 Å². The van der Waals surface area contributed by atoms with E-state index in [1.165, 1.54) is 6.07 Å². The molecule has 0 radical (unpaired) electrons. The minimum absolute atomic E-state index is 0.0844. The Morgan fingerprint density at radius 2 is 1.81 bits per heavy atom. The minimum atomic E-state index is -0.292. The van der Waals surface area contributed by atoms with E-state index >= 15 is 0 Å². The average molecular weight is 360 g/mol. The number of aromatic nitrogens is 4. The normalized spacial score (nSPS) is 10.7. The first-order chi connectivity index (χ1) is 13.2. The van der Waals surface area contributed by atoms with Gasteiger partial charge in [-0.05, 0) is 36.8 Å². The third-order valence-electron chi connectivity index (χ3n) is 4.16. The molecule has 4 rings (SSSR count). The van der Waals surface area contributed by atoms with Crippen LogP contribution in [0.5, 0.6) is 5.75 Å². The Bertz CT molecular complexity index is 1150. The molecule has 0 unspecified atom stereocenters. The van der Waals surface area contributed by atoms with Crippen molar-refractivity contribution in [3.8, 4) is 34.4 Å². The molecular formula is C20H16N4O3. The van der Waals surface area contributed by atoms with Crippen molar-refractivity contribution in [1.82, 2.24) is 19.9 Å². The second-order valence-corrected chi connectivity index (χ2v) is 5.91. The predicted molar refractivity (Wildman–Crippen MR) is 99.9 cm³/mol. The van der Waals surface area contributed by atoms with Crippen molar-refractivity contribution in [2.75, 3.05) is 7.11 Å². The summed E-state index contributed by atoms with van der Waals surface area (Å²) in [6, 6.07) is 16.4. The van der Waals surface area contributed by atoms with E-state index in [0.717, 1.165) is 22.6 Å². The van der Waals surface area contributed by atoms with Crippen molar-refractivity contribution in [3.05, 3.63) is 76.6 Å². The van der Waals surface area contributed by atoms with Crippen molar-refractivity contribution in [1.29, 1.82) is 0 Å². The van der Waals surface area contributed by atoms with E-state index in [-0.39, 0.29) is 17.0 Å². The van der Waals surface area contributed by atoms with Gasteiger partial charge in [-0.2, -0.15) is 10.1 Å². The minimum Gasteiger partial charge on any atom is -0.497 e. The molecule has 0 N–H and O–H groups in total. The fourth-order valence-corrected chi connectivity index (χ4v) is 2.69. The molecule has 2 heterocycles. The lowest BCUT2D eigenvalue weighted by molar-refractivity contribution is 0.414. The molecule has 0 amide bonds. The molecule has 2 aromatic heterocycles. The molecule has 7 nitrogen and oxygen atoms in total. The molecule has 7 heteroatoms. The first kappa shape index (κ1) is 16.7. The maximum Gasteiger partial charge on any atom is 0.282 e. The molecular weight excluding hydrogens is 344 g/mol. The number of aryl methyl sites for hydroxylation is 1. The van der Waals surface area contributed by atoms with Gasteiger partial charge in [0.1, 0.15) is 5.75 Å². The monoisotopic (exact) mass is 360 g/mol. The summed E-state index contributed by atoms with van der Waals surface area (Å²) >= 11 is 0. The summed E-state index contributed by atoms with van der Waals surface area (Å²) in [6.45, 7) is 1.96.